The standard InChI is InChI=1S/C10H12BrNO2/c1-2-3-4-14-10-8(7-13)5-9(11)6-12-10/h2-3,5-6,13H,4,7H2,1H3. The summed E-state index contributed by atoms with van der Waals surface area (Å²) in [6.45, 7) is 2.32. The highest BCUT2D eigenvalue weighted by Gasteiger charge is 2.04. The average Bonchev–Trinajstić information content (AvgIpc) is 2.20. The van der Waals surface area contributed by atoms with Gasteiger partial charge in [-0.05, 0) is 28.9 Å². The van der Waals surface area contributed by atoms with Crippen molar-refractivity contribution in [3.8, 4) is 5.88 Å². The summed E-state index contributed by atoms with van der Waals surface area (Å²) in [6.07, 6.45) is 5.42. The van der Waals surface area contributed by atoms with Gasteiger partial charge in [0.15, 0.2) is 0 Å². The van der Waals surface area contributed by atoms with Gasteiger partial charge >= 0.3 is 0 Å². The Morgan fingerprint density at radius 3 is 3.07 bits per heavy atom. The molecule has 0 spiro atoms. The molecule has 1 heterocycles. The summed E-state index contributed by atoms with van der Waals surface area (Å²) in [7, 11) is 0. The molecule has 0 fully saturated rings. The molecule has 0 aliphatic heterocycles. The zero-order valence-corrected chi connectivity index (χ0v) is 9.49. The van der Waals surface area contributed by atoms with Crippen molar-refractivity contribution >= 4 is 15.9 Å². The molecule has 1 aromatic heterocycles. The van der Waals surface area contributed by atoms with E-state index in [9.17, 15) is 0 Å². The van der Waals surface area contributed by atoms with Crippen molar-refractivity contribution in [1.29, 1.82) is 0 Å². The number of aliphatic hydroxyl groups is 1. The van der Waals surface area contributed by atoms with Gasteiger partial charge in [0.2, 0.25) is 5.88 Å². The van der Waals surface area contributed by atoms with Crippen LogP contribution in [0, 0.1) is 0 Å². The topological polar surface area (TPSA) is 42.4 Å². The summed E-state index contributed by atoms with van der Waals surface area (Å²) in [5.41, 5.74) is 0.684. The third kappa shape index (κ3) is 3.12. The molecule has 0 bridgehead atoms. The van der Waals surface area contributed by atoms with E-state index >= 15 is 0 Å². The molecule has 1 aromatic rings. The van der Waals surface area contributed by atoms with Crippen LogP contribution in [0.5, 0.6) is 5.88 Å². The Kier molecular flexibility index (Phi) is 4.62. The molecule has 0 aromatic carbocycles. The fraction of sp³-hybridized carbons (Fsp3) is 0.300. The summed E-state index contributed by atoms with van der Waals surface area (Å²) >= 11 is 3.28. The van der Waals surface area contributed by atoms with Crippen molar-refractivity contribution in [2.75, 3.05) is 6.61 Å². The SMILES string of the molecule is CC=CCOc1ncc(Br)cc1CO. The highest BCUT2D eigenvalue weighted by Crippen LogP contribution is 2.19. The Balaban J connectivity index is 2.74. The van der Waals surface area contributed by atoms with Crippen molar-refractivity contribution in [3.63, 3.8) is 0 Å². The lowest BCUT2D eigenvalue weighted by molar-refractivity contribution is 0.266. The van der Waals surface area contributed by atoms with Gasteiger partial charge in [-0.3, -0.25) is 0 Å². The van der Waals surface area contributed by atoms with Crippen LogP contribution in [0.15, 0.2) is 28.9 Å². The van der Waals surface area contributed by atoms with E-state index in [0.717, 1.165) is 4.47 Å². The first kappa shape index (κ1) is 11.2. The van der Waals surface area contributed by atoms with Gasteiger partial charge in [-0.15, -0.1) is 0 Å². The molecule has 1 N–H and O–H groups in total. The van der Waals surface area contributed by atoms with Crippen LogP contribution in [0.1, 0.15) is 12.5 Å². The zero-order valence-electron chi connectivity index (χ0n) is 7.90. The highest BCUT2D eigenvalue weighted by molar-refractivity contribution is 9.10. The molecule has 0 aliphatic rings. The first-order valence-corrected chi connectivity index (χ1v) is 5.06. The zero-order chi connectivity index (χ0) is 10.4. The Hall–Kier alpha value is -0.870. The lowest BCUT2D eigenvalue weighted by Gasteiger charge is -2.06. The third-order valence-electron chi connectivity index (χ3n) is 1.61. The van der Waals surface area contributed by atoms with Gasteiger partial charge in [0.05, 0.1) is 6.61 Å². The van der Waals surface area contributed by atoms with E-state index in [0.29, 0.717) is 18.1 Å². The highest BCUT2D eigenvalue weighted by atomic mass is 79.9. The number of aliphatic hydroxyl groups excluding tert-OH is 1. The Morgan fingerprint density at radius 2 is 2.43 bits per heavy atom. The quantitative estimate of drug-likeness (QED) is 0.842. The molecule has 0 saturated heterocycles. The van der Waals surface area contributed by atoms with Crippen molar-refractivity contribution in [3.05, 3.63) is 34.5 Å². The number of hydrogen-bond donors (Lipinski definition) is 1. The maximum Gasteiger partial charge on any atom is 0.219 e. The van der Waals surface area contributed by atoms with E-state index in [1.807, 2.05) is 19.1 Å². The molecular formula is C10H12BrNO2. The normalized spacial score (nSPS) is 10.8. The van der Waals surface area contributed by atoms with Crippen molar-refractivity contribution in [2.45, 2.75) is 13.5 Å². The smallest absolute Gasteiger partial charge is 0.219 e. The van der Waals surface area contributed by atoms with Gasteiger partial charge < -0.3 is 9.84 Å². The Labute approximate surface area is 91.6 Å². The average molecular weight is 258 g/mol. The van der Waals surface area contributed by atoms with Gasteiger partial charge in [0.1, 0.15) is 6.61 Å². The number of aromatic nitrogens is 1. The number of rotatable bonds is 4. The monoisotopic (exact) mass is 257 g/mol. The summed E-state index contributed by atoms with van der Waals surface area (Å²) in [6, 6.07) is 1.79. The predicted molar refractivity (Wildman–Crippen MR) is 58.2 cm³/mol. The number of pyridine rings is 1. The minimum absolute atomic E-state index is 0.0718. The molecule has 0 atom stereocenters. The molecule has 0 saturated carbocycles. The van der Waals surface area contributed by atoms with Crippen LogP contribution in [-0.4, -0.2) is 16.7 Å². The van der Waals surface area contributed by atoms with E-state index in [1.165, 1.54) is 0 Å². The van der Waals surface area contributed by atoms with Crippen LogP contribution in [0.4, 0.5) is 0 Å². The van der Waals surface area contributed by atoms with Gasteiger partial charge in [0.25, 0.3) is 0 Å². The second-order valence-corrected chi connectivity index (χ2v) is 3.57. The molecule has 0 aliphatic carbocycles. The van der Waals surface area contributed by atoms with Gasteiger partial charge in [-0.25, -0.2) is 4.98 Å². The molecule has 0 radical (unpaired) electrons. The third-order valence-corrected chi connectivity index (χ3v) is 2.05. The van der Waals surface area contributed by atoms with E-state index in [4.69, 9.17) is 9.84 Å². The van der Waals surface area contributed by atoms with Crippen LogP contribution in [0.2, 0.25) is 0 Å². The molecule has 1 rings (SSSR count). The van der Waals surface area contributed by atoms with Crippen LogP contribution >= 0.6 is 15.9 Å². The summed E-state index contributed by atoms with van der Waals surface area (Å²) in [5.74, 6) is 0.480. The van der Waals surface area contributed by atoms with E-state index in [1.54, 1.807) is 12.3 Å². The summed E-state index contributed by atoms with van der Waals surface area (Å²) in [4.78, 5) is 4.06. The second-order valence-electron chi connectivity index (χ2n) is 2.66. The number of allylic oxidation sites excluding steroid dienone is 1. The number of ether oxygens (including phenoxy) is 1. The molecular weight excluding hydrogens is 246 g/mol. The first-order valence-electron chi connectivity index (χ1n) is 4.27. The van der Waals surface area contributed by atoms with E-state index in [2.05, 4.69) is 20.9 Å². The molecule has 0 amide bonds. The van der Waals surface area contributed by atoms with Gasteiger partial charge in [-0.2, -0.15) is 0 Å². The minimum Gasteiger partial charge on any atom is -0.473 e. The van der Waals surface area contributed by atoms with Crippen LogP contribution in [0.25, 0.3) is 0 Å². The second kappa shape index (κ2) is 5.78. The minimum atomic E-state index is -0.0718. The van der Waals surface area contributed by atoms with Gasteiger partial charge in [0, 0.05) is 16.2 Å². The maximum atomic E-state index is 9.04. The van der Waals surface area contributed by atoms with Crippen molar-refractivity contribution in [2.24, 2.45) is 0 Å². The van der Waals surface area contributed by atoms with Crippen molar-refractivity contribution in [1.82, 2.24) is 4.98 Å². The fourth-order valence-corrected chi connectivity index (χ4v) is 1.31. The lowest BCUT2D eigenvalue weighted by Crippen LogP contribution is -2.00. The van der Waals surface area contributed by atoms with E-state index in [-0.39, 0.29) is 6.61 Å². The molecule has 76 valence electrons. The Bertz CT molecular complexity index is 326. The van der Waals surface area contributed by atoms with Crippen molar-refractivity contribution < 1.29 is 9.84 Å². The largest absolute Gasteiger partial charge is 0.473 e. The predicted octanol–water partition coefficient (Wildman–Crippen LogP) is 2.29. The maximum absolute atomic E-state index is 9.04. The molecule has 4 heteroatoms. The lowest BCUT2D eigenvalue weighted by atomic mass is 10.3. The van der Waals surface area contributed by atoms with Gasteiger partial charge in [-0.1, -0.05) is 12.2 Å². The van der Waals surface area contributed by atoms with Crippen LogP contribution in [-0.2, 0) is 6.61 Å². The molecule has 0 unspecified atom stereocenters. The first-order chi connectivity index (χ1) is 6.77. The van der Waals surface area contributed by atoms with E-state index < -0.39 is 0 Å². The van der Waals surface area contributed by atoms with Crippen LogP contribution < -0.4 is 4.74 Å². The molecule has 3 nitrogen and oxygen atoms in total. The number of halogens is 1. The Morgan fingerprint density at radius 1 is 1.64 bits per heavy atom. The fourth-order valence-electron chi connectivity index (χ4n) is 0.935. The summed E-state index contributed by atoms with van der Waals surface area (Å²) < 4.78 is 6.18. The summed E-state index contributed by atoms with van der Waals surface area (Å²) in [5, 5.41) is 9.04. The number of hydrogen-bond acceptors (Lipinski definition) is 3. The molecule has 14 heavy (non-hydrogen) atoms. The number of nitrogens with zero attached hydrogens (tertiary/aromatic N) is 1. The van der Waals surface area contributed by atoms with Crippen LogP contribution in [0.3, 0.4) is 0 Å².